The molecule has 1 saturated heterocycles. The van der Waals surface area contributed by atoms with Crippen molar-refractivity contribution in [3.63, 3.8) is 0 Å². The van der Waals surface area contributed by atoms with E-state index in [0.29, 0.717) is 24.6 Å². The van der Waals surface area contributed by atoms with E-state index in [4.69, 9.17) is 0 Å². The summed E-state index contributed by atoms with van der Waals surface area (Å²) in [7, 11) is 0. The molecule has 3 nitrogen and oxygen atoms in total. The summed E-state index contributed by atoms with van der Waals surface area (Å²) >= 11 is 0. The van der Waals surface area contributed by atoms with Gasteiger partial charge >= 0.3 is 0 Å². The quantitative estimate of drug-likeness (QED) is 0.850. The monoisotopic (exact) mass is 262 g/mol. The molecule has 106 valence electrons. The molecule has 19 heavy (non-hydrogen) atoms. The van der Waals surface area contributed by atoms with E-state index >= 15 is 0 Å². The third kappa shape index (κ3) is 4.30. The lowest BCUT2D eigenvalue weighted by molar-refractivity contribution is 0.0877. The largest absolute Gasteiger partial charge is 0.396 e. The predicted octanol–water partition coefficient (Wildman–Crippen LogP) is 1.87. The molecule has 0 radical (unpaired) electrons. The summed E-state index contributed by atoms with van der Waals surface area (Å²) in [6, 6.07) is 11.5. The van der Waals surface area contributed by atoms with Gasteiger partial charge in [-0.25, -0.2) is 0 Å². The fourth-order valence-electron chi connectivity index (χ4n) is 2.89. The zero-order valence-corrected chi connectivity index (χ0v) is 12.0. The van der Waals surface area contributed by atoms with Gasteiger partial charge in [0, 0.05) is 31.8 Å². The molecule has 0 spiro atoms. The van der Waals surface area contributed by atoms with Gasteiger partial charge in [0.1, 0.15) is 0 Å². The van der Waals surface area contributed by atoms with Crippen LogP contribution in [0.2, 0.25) is 0 Å². The fraction of sp³-hybridized carbons (Fsp3) is 0.625. The molecule has 2 atom stereocenters. The summed E-state index contributed by atoms with van der Waals surface area (Å²) < 4.78 is 0. The Morgan fingerprint density at radius 2 is 2.05 bits per heavy atom. The van der Waals surface area contributed by atoms with Crippen LogP contribution >= 0.6 is 0 Å². The Balaban J connectivity index is 1.93. The average molecular weight is 262 g/mol. The molecule has 3 heteroatoms. The minimum Gasteiger partial charge on any atom is -0.396 e. The Morgan fingerprint density at radius 1 is 1.32 bits per heavy atom. The summed E-state index contributed by atoms with van der Waals surface area (Å²) in [5.74, 6) is 0.398. The van der Waals surface area contributed by atoms with Crippen molar-refractivity contribution in [2.24, 2.45) is 5.92 Å². The highest BCUT2D eigenvalue weighted by Gasteiger charge is 2.28. The van der Waals surface area contributed by atoms with E-state index in [9.17, 15) is 5.11 Å². The van der Waals surface area contributed by atoms with Crippen LogP contribution in [0.15, 0.2) is 30.3 Å². The second-order valence-electron chi connectivity index (χ2n) is 5.88. The molecule has 1 aliphatic rings. The van der Waals surface area contributed by atoms with Gasteiger partial charge in [0.25, 0.3) is 0 Å². The molecule has 0 aliphatic carbocycles. The number of aliphatic hydroxyl groups is 1. The first-order chi connectivity index (χ1) is 9.19. The third-order valence-electron chi connectivity index (χ3n) is 3.87. The van der Waals surface area contributed by atoms with Crippen LogP contribution < -0.4 is 5.32 Å². The Kier molecular flexibility index (Phi) is 5.37. The molecule has 1 fully saturated rings. The van der Waals surface area contributed by atoms with Crippen molar-refractivity contribution < 1.29 is 5.11 Å². The molecule has 1 aliphatic heterocycles. The molecule has 0 amide bonds. The van der Waals surface area contributed by atoms with Crippen LogP contribution in [0.4, 0.5) is 0 Å². The number of hydrogen-bond donors (Lipinski definition) is 2. The highest BCUT2D eigenvalue weighted by atomic mass is 16.3. The van der Waals surface area contributed by atoms with Gasteiger partial charge in [-0.1, -0.05) is 44.2 Å². The minimum atomic E-state index is 0.295. The van der Waals surface area contributed by atoms with Crippen molar-refractivity contribution in [1.29, 1.82) is 0 Å². The number of piperidine rings is 1. The van der Waals surface area contributed by atoms with E-state index in [0.717, 1.165) is 26.1 Å². The van der Waals surface area contributed by atoms with E-state index in [1.165, 1.54) is 5.56 Å². The fourth-order valence-corrected chi connectivity index (χ4v) is 2.89. The van der Waals surface area contributed by atoms with Gasteiger partial charge in [-0.05, 0) is 24.4 Å². The summed E-state index contributed by atoms with van der Waals surface area (Å²) in [6.07, 6.45) is 1.08. The van der Waals surface area contributed by atoms with Crippen LogP contribution in [-0.2, 0) is 6.54 Å². The zero-order chi connectivity index (χ0) is 13.7. The van der Waals surface area contributed by atoms with Gasteiger partial charge < -0.3 is 10.4 Å². The van der Waals surface area contributed by atoms with Gasteiger partial charge in [-0.2, -0.15) is 0 Å². The molecule has 0 unspecified atom stereocenters. The van der Waals surface area contributed by atoms with E-state index in [1.54, 1.807) is 0 Å². The number of likely N-dealkylation sites (tertiary alicyclic amines) is 1. The first kappa shape index (κ1) is 14.5. The number of aliphatic hydroxyl groups excluding tert-OH is 1. The van der Waals surface area contributed by atoms with Crippen molar-refractivity contribution in [2.75, 3.05) is 19.7 Å². The number of nitrogens with zero attached hydrogens (tertiary/aromatic N) is 1. The summed E-state index contributed by atoms with van der Waals surface area (Å²) in [5.41, 5.74) is 1.37. The van der Waals surface area contributed by atoms with Crippen LogP contribution in [0.1, 0.15) is 25.8 Å². The van der Waals surface area contributed by atoms with Crippen LogP contribution in [0.5, 0.6) is 0 Å². The molecule has 1 aromatic rings. The lowest BCUT2D eigenvalue weighted by Gasteiger charge is -2.39. The van der Waals surface area contributed by atoms with Crippen molar-refractivity contribution in [3.8, 4) is 0 Å². The molecule has 2 rings (SSSR count). The SMILES string of the molecule is CC(C)N[C@H]1CN(Cc2ccccc2)CC[C@H]1CO. The normalized spacial score (nSPS) is 24.8. The highest BCUT2D eigenvalue weighted by molar-refractivity contribution is 5.14. The van der Waals surface area contributed by atoms with Gasteiger partial charge in [0.15, 0.2) is 0 Å². The predicted molar refractivity (Wildman–Crippen MR) is 79.0 cm³/mol. The Labute approximate surface area is 116 Å². The van der Waals surface area contributed by atoms with Gasteiger partial charge in [0.2, 0.25) is 0 Å². The van der Waals surface area contributed by atoms with Gasteiger partial charge in [0.05, 0.1) is 0 Å². The van der Waals surface area contributed by atoms with Crippen molar-refractivity contribution in [1.82, 2.24) is 10.2 Å². The van der Waals surface area contributed by atoms with E-state index < -0.39 is 0 Å². The second-order valence-corrected chi connectivity index (χ2v) is 5.88. The number of nitrogens with one attached hydrogen (secondary N) is 1. The Hall–Kier alpha value is -0.900. The highest BCUT2D eigenvalue weighted by Crippen LogP contribution is 2.19. The van der Waals surface area contributed by atoms with Crippen molar-refractivity contribution in [2.45, 2.75) is 38.9 Å². The van der Waals surface area contributed by atoms with Crippen molar-refractivity contribution >= 4 is 0 Å². The van der Waals surface area contributed by atoms with E-state index in [2.05, 4.69) is 54.4 Å². The summed E-state index contributed by atoms with van der Waals surface area (Å²) in [4.78, 5) is 2.49. The van der Waals surface area contributed by atoms with Crippen LogP contribution in [-0.4, -0.2) is 41.8 Å². The maximum absolute atomic E-state index is 9.49. The van der Waals surface area contributed by atoms with Gasteiger partial charge in [-0.15, -0.1) is 0 Å². The van der Waals surface area contributed by atoms with E-state index in [-0.39, 0.29) is 0 Å². The maximum Gasteiger partial charge on any atom is 0.0475 e. The Morgan fingerprint density at radius 3 is 2.68 bits per heavy atom. The standard InChI is InChI=1S/C16H26N2O/c1-13(2)17-16-11-18(9-8-15(16)12-19)10-14-6-4-3-5-7-14/h3-7,13,15-17,19H,8-12H2,1-2H3/t15-,16-/m0/s1. The minimum absolute atomic E-state index is 0.295. The van der Waals surface area contributed by atoms with Gasteiger partial charge in [-0.3, -0.25) is 4.90 Å². The molecule has 0 bridgehead atoms. The molecular weight excluding hydrogens is 236 g/mol. The van der Waals surface area contributed by atoms with Crippen LogP contribution in [0, 0.1) is 5.92 Å². The summed E-state index contributed by atoms with van der Waals surface area (Å²) in [5, 5.41) is 13.1. The molecule has 1 heterocycles. The van der Waals surface area contributed by atoms with Crippen LogP contribution in [0.3, 0.4) is 0 Å². The first-order valence-corrected chi connectivity index (χ1v) is 7.32. The Bertz CT molecular complexity index is 366. The molecule has 0 saturated carbocycles. The second kappa shape index (κ2) is 7.04. The lowest BCUT2D eigenvalue weighted by atomic mass is 9.91. The number of benzene rings is 1. The molecular formula is C16H26N2O. The smallest absolute Gasteiger partial charge is 0.0475 e. The average Bonchev–Trinajstić information content (AvgIpc) is 2.39. The zero-order valence-electron chi connectivity index (χ0n) is 12.0. The first-order valence-electron chi connectivity index (χ1n) is 7.32. The molecule has 1 aromatic carbocycles. The number of hydrogen-bond acceptors (Lipinski definition) is 3. The van der Waals surface area contributed by atoms with E-state index in [1.807, 2.05) is 0 Å². The third-order valence-corrected chi connectivity index (χ3v) is 3.87. The molecule has 0 aromatic heterocycles. The number of rotatable bonds is 5. The topological polar surface area (TPSA) is 35.5 Å². The molecule has 2 N–H and O–H groups in total. The van der Waals surface area contributed by atoms with Crippen LogP contribution in [0.25, 0.3) is 0 Å². The lowest BCUT2D eigenvalue weighted by Crippen LogP contribution is -2.53. The van der Waals surface area contributed by atoms with Crippen molar-refractivity contribution in [3.05, 3.63) is 35.9 Å². The maximum atomic E-state index is 9.49. The summed E-state index contributed by atoms with van der Waals surface area (Å²) in [6.45, 7) is 7.75.